The Labute approximate surface area is 95.5 Å². The number of nitrogens with one attached hydrogen (secondary N) is 1. The molecule has 0 aliphatic carbocycles. The van der Waals surface area contributed by atoms with Crippen molar-refractivity contribution < 1.29 is 13.5 Å². The summed E-state index contributed by atoms with van der Waals surface area (Å²) in [5, 5.41) is 0. The molecule has 1 saturated heterocycles. The molecule has 0 bridgehead atoms. The third-order valence-corrected chi connectivity index (χ3v) is 3.34. The zero-order chi connectivity index (χ0) is 11.6. The molecule has 4 heteroatoms. The lowest BCUT2D eigenvalue weighted by atomic mass is 9.60. The lowest BCUT2D eigenvalue weighted by molar-refractivity contribution is -0.837. The largest absolute Gasteiger partial charge is 0.473 e. The number of quaternary nitrogens is 1. The van der Waals surface area contributed by atoms with E-state index in [1.165, 1.54) is 11.3 Å². The monoisotopic (exact) mass is 225 g/mol. The van der Waals surface area contributed by atoms with Crippen LogP contribution in [0.3, 0.4) is 0 Å². The second kappa shape index (κ2) is 4.54. The Morgan fingerprint density at radius 1 is 1.06 bits per heavy atom. The molecule has 1 aromatic rings. The summed E-state index contributed by atoms with van der Waals surface area (Å²) in [5.41, 5.74) is 1.06. The molecular formula is C12H18BF2N. The summed E-state index contributed by atoms with van der Waals surface area (Å²) < 4.78 is 27.0. The van der Waals surface area contributed by atoms with Gasteiger partial charge in [-0.2, -0.15) is 0 Å². The fourth-order valence-electron chi connectivity index (χ4n) is 2.51. The Kier molecular flexibility index (Phi) is 3.29. The van der Waals surface area contributed by atoms with Crippen LogP contribution in [0.5, 0.6) is 0 Å². The maximum Gasteiger partial charge on any atom is 0.335 e. The van der Waals surface area contributed by atoms with Gasteiger partial charge in [0.1, 0.15) is 5.69 Å². The Bertz CT molecular complexity index is 356. The van der Waals surface area contributed by atoms with Gasteiger partial charge < -0.3 is 13.5 Å². The molecule has 0 amide bonds. The zero-order valence-corrected chi connectivity index (χ0v) is 9.68. The molecule has 16 heavy (non-hydrogen) atoms. The number of piperidine rings is 1. The van der Waals surface area contributed by atoms with Crippen molar-refractivity contribution in [2.75, 3.05) is 13.1 Å². The van der Waals surface area contributed by atoms with Gasteiger partial charge in [-0.1, -0.05) is 23.7 Å². The SMILES string of the molecule is C[B-](F)(F)c1ccccc1[NH+]1CCCCC1. The molecule has 1 aliphatic rings. The second-order valence-corrected chi connectivity index (χ2v) is 4.78. The zero-order valence-electron chi connectivity index (χ0n) is 9.68. The van der Waals surface area contributed by atoms with Crippen LogP contribution in [-0.4, -0.2) is 19.8 Å². The fraction of sp³-hybridized carbons (Fsp3) is 0.500. The van der Waals surface area contributed by atoms with Crippen LogP contribution in [0.25, 0.3) is 0 Å². The van der Waals surface area contributed by atoms with Crippen molar-refractivity contribution in [2.45, 2.75) is 26.1 Å². The van der Waals surface area contributed by atoms with Crippen molar-refractivity contribution in [1.29, 1.82) is 0 Å². The van der Waals surface area contributed by atoms with Crippen LogP contribution in [0.2, 0.25) is 6.82 Å². The molecule has 0 saturated carbocycles. The van der Waals surface area contributed by atoms with Gasteiger partial charge in [-0.15, -0.1) is 6.82 Å². The van der Waals surface area contributed by atoms with Gasteiger partial charge in [-0.3, -0.25) is 0 Å². The molecule has 1 N–H and O–H groups in total. The van der Waals surface area contributed by atoms with Crippen LogP contribution in [-0.2, 0) is 0 Å². The molecule has 1 aliphatic heterocycles. The molecule has 0 radical (unpaired) electrons. The third-order valence-electron chi connectivity index (χ3n) is 3.34. The lowest BCUT2D eigenvalue weighted by Crippen LogP contribution is -3.09. The quantitative estimate of drug-likeness (QED) is 0.729. The highest BCUT2D eigenvalue weighted by molar-refractivity contribution is 6.79. The van der Waals surface area contributed by atoms with Crippen LogP contribution in [0.1, 0.15) is 19.3 Å². The first kappa shape index (κ1) is 11.6. The van der Waals surface area contributed by atoms with E-state index in [9.17, 15) is 8.63 Å². The number of hydrogen-bond acceptors (Lipinski definition) is 0. The highest BCUT2D eigenvalue weighted by Crippen LogP contribution is 2.12. The number of benzene rings is 1. The van der Waals surface area contributed by atoms with Gasteiger partial charge in [0.15, 0.2) is 0 Å². The Morgan fingerprint density at radius 3 is 2.31 bits per heavy atom. The number of para-hydroxylation sites is 1. The van der Waals surface area contributed by atoms with Gasteiger partial charge in [0.25, 0.3) is 0 Å². The van der Waals surface area contributed by atoms with Crippen molar-refractivity contribution in [2.24, 2.45) is 0 Å². The summed E-state index contributed by atoms with van der Waals surface area (Å²) in [5.74, 6) is 0. The van der Waals surface area contributed by atoms with Gasteiger partial charge in [-0.05, 0) is 25.3 Å². The van der Waals surface area contributed by atoms with Gasteiger partial charge >= 0.3 is 6.70 Å². The van der Waals surface area contributed by atoms with Crippen molar-refractivity contribution in [3.63, 3.8) is 0 Å². The molecule has 1 nitrogen and oxygen atoms in total. The molecule has 0 aromatic heterocycles. The standard InChI is InChI=1S/C12H17BF2N/c1-13(14,15)11-7-3-4-8-12(11)16-9-5-2-6-10-16/h3-4,7-8H,2,5-6,9-10H2,1H3/q-1/p+1. The highest BCUT2D eigenvalue weighted by Gasteiger charge is 2.27. The topological polar surface area (TPSA) is 4.44 Å². The van der Waals surface area contributed by atoms with E-state index in [1.54, 1.807) is 12.1 Å². The third kappa shape index (κ3) is 2.43. The van der Waals surface area contributed by atoms with E-state index in [-0.39, 0.29) is 5.46 Å². The van der Waals surface area contributed by atoms with Crippen molar-refractivity contribution in [1.82, 2.24) is 0 Å². The molecule has 1 aromatic carbocycles. The Balaban J connectivity index is 2.32. The summed E-state index contributed by atoms with van der Waals surface area (Å²) in [7, 11) is 0. The molecule has 88 valence electrons. The summed E-state index contributed by atoms with van der Waals surface area (Å²) in [6.07, 6.45) is 3.53. The fourth-order valence-corrected chi connectivity index (χ4v) is 2.51. The summed E-state index contributed by atoms with van der Waals surface area (Å²) in [4.78, 5) is 1.23. The van der Waals surface area contributed by atoms with E-state index in [1.807, 2.05) is 12.1 Å². The molecule has 1 heterocycles. The van der Waals surface area contributed by atoms with Gasteiger partial charge in [0.05, 0.1) is 13.1 Å². The van der Waals surface area contributed by atoms with E-state index in [4.69, 9.17) is 0 Å². The minimum absolute atomic E-state index is 0.249. The summed E-state index contributed by atoms with van der Waals surface area (Å²) >= 11 is 0. The average molecular weight is 225 g/mol. The van der Waals surface area contributed by atoms with Crippen LogP contribution in [0, 0.1) is 0 Å². The maximum atomic E-state index is 13.5. The minimum Gasteiger partial charge on any atom is -0.473 e. The second-order valence-electron chi connectivity index (χ2n) is 4.78. The Morgan fingerprint density at radius 2 is 1.69 bits per heavy atom. The normalized spacial score (nSPS) is 18.7. The average Bonchev–Trinajstić information content (AvgIpc) is 2.29. The molecular weight excluding hydrogens is 207 g/mol. The van der Waals surface area contributed by atoms with Crippen LogP contribution < -0.4 is 10.4 Å². The predicted octanol–water partition coefficient (Wildman–Crippen LogP) is 1.60. The predicted molar refractivity (Wildman–Crippen MR) is 64.1 cm³/mol. The van der Waals surface area contributed by atoms with E-state index in [0.717, 1.165) is 38.4 Å². The van der Waals surface area contributed by atoms with Gasteiger partial charge in [0.2, 0.25) is 0 Å². The summed E-state index contributed by atoms with van der Waals surface area (Å²) in [6.45, 7) is -0.364. The first-order chi connectivity index (χ1) is 7.59. The van der Waals surface area contributed by atoms with Crippen LogP contribution in [0.15, 0.2) is 24.3 Å². The molecule has 0 atom stereocenters. The van der Waals surface area contributed by atoms with E-state index in [0.29, 0.717) is 0 Å². The van der Waals surface area contributed by atoms with E-state index >= 15 is 0 Å². The maximum absolute atomic E-state index is 13.5. The smallest absolute Gasteiger partial charge is 0.335 e. The van der Waals surface area contributed by atoms with Crippen LogP contribution in [0.4, 0.5) is 14.3 Å². The molecule has 1 fully saturated rings. The van der Waals surface area contributed by atoms with Crippen LogP contribution >= 0.6 is 0 Å². The minimum atomic E-state index is -3.39. The number of hydrogen-bond donors (Lipinski definition) is 1. The number of halogens is 2. The molecule has 2 rings (SSSR count). The Hall–Kier alpha value is -0.895. The lowest BCUT2D eigenvalue weighted by Gasteiger charge is -2.29. The highest BCUT2D eigenvalue weighted by atomic mass is 19.2. The first-order valence-corrected chi connectivity index (χ1v) is 6.09. The van der Waals surface area contributed by atoms with Crippen molar-refractivity contribution in [3.8, 4) is 0 Å². The van der Waals surface area contributed by atoms with Crippen molar-refractivity contribution in [3.05, 3.63) is 24.3 Å². The molecule has 0 unspecified atom stereocenters. The first-order valence-electron chi connectivity index (χ1n) is 6.09. The van der Waals surface area contributed by atoms with E-state index < -0.39 is 6.70 Å². The van der Waals surface area contributed by atoms with Gasteiger partial charge in [-0.25, -0.2) is 0 Å². The van der Waals surface area contributed by atoms with Gasteiger partial charge in [0, 0.05) is 0 Å². The van der Waals surface area contributed by atoms with Crippen molar-refractivity contribution >= 4 is 17.9 Å². The summed E-state index contributed by atoms with van der Waals surface area (Å²) in [6, 6.07) is 7.01. The van der Waals surface area contributed by atoms with E-state index in [2.05, 4.69) is 0 Å². The number of rotatable bonds is 2. The molecule has 0 spiro atoms.